The third-order valence-corrected chi connectivity index (χ3v) is 5.97. The Bertz CT molecular complexity index is 416. The Morgan fingerprint density at radius 3 is 3.00 bits per heavy atom. The molecule has 4 heteroatoms. The van der Waals surface area contributed by atoms with Crippen LogP contribution in [0.15, 0.2) is 15.9 Å². The van der Waals surface area contributed by atoms with Crippen molar-refractivity contribution in [3.8, 4) is 0 Å². The molecular weight excluding hydrogens is 308 g/mol. The number of hydrogen-bond acceptors (Lipinski definition) is 3. The molecule has 1 aliphatic heterocycles. The predicted octanol–water partition coefficient (Wildman–Crippen LogP) is 3.13. The van der Waals surface area contributed by atoms with Crippen LogP contribution in [0.1, 0.15) is 24.6 Å². The first-order chi connectivity index (χ1) is 8.66. The van der Waals surface area contributed by atoms with Gasteiger partial charge in [0.15, 0.2) is 0 Å². The normalized spacial score (nSPS) is 29.7. The molecule has 1 aromatic heterocycles. The van der Waals surface area contributed by atoms with Crippen LogP contribution in [0.4, 0.5) is 0 Å². The first kappa shape index (κ1) is 13.1. The van der Waals surface area contributed by atoms with Gasteiger partial charge in [-0.1, -0.05) is 0 Å². The maximum atomic E-state index is 3.74. The third kappa shape index (κ3) is 2.98. The van der Waals surface area contributed by atoms with Gasteiger partial charge in [-0.3, -0.25) is 4.90 Å². The van der Waals surface area contributed by atoms with E-state index in [0.717, 1.165) is 12.5 Å². The summed E-state index contributed by atoms with van der Waals surface area (Å²) in [6, 6.07) is 4.41. The Balaban J connectivity index is 1.53. The van der Waals surface area contributed by atoms with Crippen LogP contribution < -0.4 is 5.32 Å². The van der Waals surface area contributed by atoms with Crippen molar-refractivity contribution in [2.75, 3.05) is 26.2 Å². The van der Waals surface area contributed by atoms with Crippen LogP contribution in [0.5, 0.6) is 0 Å². The van der Waals surface area contributed by atoms with Crippen molar-refractivity contribution in [1.29, 1.82) is 0 Å². The topological polar surface area (TPSA) is 15.3 Å². The van der Waals surface area contributed by atoms with E-state index >= 15 is 0 Å². The van der Waals surface area contributed by atoms with Gasteiger partial charge in [0.2, 0.25) is 0 Å². The molecule has 0 radical (unpaired) electrons. The average Bonchev–Trinajstić information content (AvgIpc) is 3.12. The highest BCUT2D eigenvalue weighted by atomic mass is 79.9. The molecule has 2 fully saturated rings. The van der Waals surface area contributed by atoms with E-state index in [1.807, 2.05) is 11.3 Å². The summed E-state index contributed by atoms with van der Waals surface area (Å²) >= 11 is 5.41. The second-order valence-electron chi connectivity index (χ2n) is 5.85. The van der Waals surface area contributed by atoms with E-state index in [1.165, 1.54) is 47.6 Å². The fraction of sp³-hybridized carbons (Fsp3) is 0.714. The van der Waals surface area contributed by atoms with E-state index in [2.05, 4.69) is 45.2 Å². The number of nitrogens with one attached hydrogen (secondary N) is 1. The third-order valence-electron chi connectivity index (χ3n) is 4.29. The van der Waals surface area contributed by atoms with Gasteiger partial charge < -0.3 is 5.32 Å². The molecule has 0 spiro atoms. The number of halogens is 1. The van der Waals surface area contributed by atoms with Crippen molar-refractivity contribution >= 4 is 27.3 Å². The number of hydrogen-bond donors (Lipinski definition) is 1. The molecule has 3 rings (SSSR count). The Labute approximate surface area is 122 Å². The maximum Gasteiger partial charge on any atom is 0.0701 e. The predicted molar refractivity (Wildman–Crippen MR) is 81.3 cm³/mol. The maximum absolute atomic E-state index is 3.74. The lowest BCUT2D eigenvalue weighted by Gasteiger charge is -2.42. The molecule has 1 unspecified atom stereocenters. The van der Waals surface area contributed by atoms with E-state index in [1.54, 1.807) is 0 Å². The molecule has 1 N–H and O–H groups in total. The van der Waals surface area contributed by atoms with Crippen molar-refractivity contribution in [3.05, 3.63) is 20.8 Å². The van der Waals surface area contributed by atoms with Crippen LogP contribution in [0.3, 0.4) is 0 Å². The SMILES string of the molecule is CC1(C2CC2)CN(CCc2ccc(Br)s2)CCN1. The number of rotatable bonds is 4. The molecule has 0 amide bonds. The summed E-state index contributed by atoms with van der Waals surface area (Å²) < 4.78 is 1.25. The number of thiophene rings is 1. The van der Waals surface area contributed by atoms with Gasteiger partial charge in [-0.15, -0.1) is 11.3 Å². The zero-order valence-corrected chi connectivity index (χ0v) is 13.3. The van der Waals surface area contributed by atoms with Gasteiger partial charge in [0.05, 0.1) is 3.79 Å². The minimum absolute atomic E-state index is 0.383. The second kappa shape index (κ2) is 5.23. The van der Waals surface area contributed by atoms with Crippen molar-refractivity contribution < 1.29 is 0 Å². The molecule has 18 heavy (non-hydrogen) atoms. The molecule has 1 aromatic rings. The highest BCUT2D eigenvalue weighted by Crippen LogP contribution is 2.40. The standard InChI is InChI=1S/C14H21BrN2S/c1-14(11-2-3-11)10-17(9-7-16-14)8-6-12-4-5-13(15)18-12/h4-5,11,16H,2-3,6-10H2,1H3. The molecule has 0 aromatic carbocycles. The van der Waals surface area contributed by atoms with E-state index in [-0.39, 0.29) is 0 Å². The summed E-state index contributed by atoms with van der Waals surface area (Å²) in [5.41, 5.74) is 0.383. The molecule has 2 aliphatic rings. The van der Waals surface area contributed by atoms with Gasteiger partial charge >= 0.3 is 0 Å². The Morgan fingerprint density at radius 1 is 1.50 bits per heavy atom. The lowest BCUT2D eigenvalue weighted by Crippen LogP contribution is -2.60. The molecular formula is C14H21BrN2S. The molecule has 1 saturated heterocycles. The largest absolute Gasteiger partial charge is 0.309 e. The van der Waals surface area contributed by atoms with E-state index < -0.39 is 0 Å². The summed E-state index contributed by atoms with van der Waals surface area (Å²) in [6.07, 6.45) is 4.04. The van der Waals surface area contributed by atoms with Crippen LogP contribution in [0, 0.1) is 5.92 Å². The summed E-state index contributed by atoms with van der Waals surface area (Å²) in [7, 11) is 0. The van der Waals surface area contributed by atoms with Crippen LogP contribution in [-0.2, 0) is 6.42 Å². The Kier molecular flexibility index (Phi) is 3.81. The lowest BCUT2D eigenvalue weighted by atomic mass is 9.93. The van der Waals surface area contributed by atoms with Crippen LogP contribution in [0.25, 0.3) is 0 Å². The zero-order valence-electron chi connectivity index (χ0n) is 10.9. The molecule has 1 saturated carbocycles. The van der Waals surface area contributed by atoms with Crippen LogP contribution in [0.2, 0.25) is 0 Å². The van der Waals surface area contributed by atoms with Crippen LogP contribution in [-0.4, -0.2) is 36.6 Å². The van der Waals surface area contributed by atoms with Crippen molar-refractivity contribution in [2.45, 2.75) is 31.7 Å². The van der Waals surface area contributed by atoms with Crippen LogP contribution >= 0.6 is 27.3 Å². The average molecular weight is 329 g/mol. The van der Waals surface area contributed by atoms with Crippen molar-refractivity contribution in [1.82, 2.24) is 10.2 Å². The highest BCUT2D eigenvalue weighted by molar-refractivity contribution is 9.11. The molecule has 2 heterocycles. The van der Waals surface area contributed by atoms with Gasteiger partial charge in [0, 0.05) is 36.6 Å². The van der Waals surface area contributed by atoms with E-state index in [9.17, 15) is 0 Å². The van der Waals surface area contributed by atoms with Crippen molar-refractivity contribution in [3.63, 3.8) is 0 Å². The fourth-order valence-electron chi connectivity index (χ4n) is 3.04. The summed E-state index contributed by atoms with van der Waals surface area (Å²) in [5, 5.41) is 3.74. The minimum atomic E-state index is 0.383. The molecule has 0 bridgehead atoms. The molecule has 2 nitrogen and oxygen atoms in total. The van der Waals surface area contributed by atoms with Crippen molar-refractivity contribution in [2.24, 2.45) is 5.92 Å². The summed E-state index contributed by atoms with van der Waals surface area (Å²) in [4.78, 5) is 4.14. The second-order valence-corrected chi connectivity index (χ2v) is 8.40. The van der Waals surface area contributed by atoms with Gasteiger partial charge in [-0.25, -0.2) is 0 Å². The first-order valence-electron chi connectivity index (χ1n) is 6.87. The number of nitrogens with zero attached hydrogens (tertiary/aromatic N) is 1. The van der Waals surface area contributed by atoms with E-state index in [4.69, 9.17) is 0 Å². The first-order valence-corrected chi connectivity index (χ1v) is 8.48. The fourth-order valence-corrected chi connectivity index (χ4v) is 4.51. The van der Waals surface area contributed by atoms with Gasteiger partial charge in [-0.2, -0.15) is 0 Å². The summed E-state index contributed by atoms with van der Waals surface area (Å²) in [5.74, 6) is 0.927. The summed E-state index contributed by atoms with van der Waals surface area (Å²) in [6.45, 7) is 7.20. The smallest absolute Gasteiger partial charge is 0.0701 e. The number of piperazine rings is 1. The van der Waals surface area contributed by atoms with E-state index in [0.29, 0.717) is 5.54 Å². The van der Waals surface area contributed by atoms with Gasteiger partial charge in [-0.05, 0) is 60.2 Å². The Hall–Kier alpha value is 0.1000. The van der Waals surface area contributed by atoms with Gasteiger partial charge in [0.25, 0.3) is 0 Å². The Morgan fingerprint density at radius 2 is 2.33 bits per heavy atom. The highest BCUT2D eigenvalue weighted by Gasteiger charge is 2.43. The molecule has 100 valence electrons. The molecule has 1 aliphatic carbocycles. The lowest BCUT2D eigenvalue weighted by molar-refractivity contribution is 0.128. The molecule has 1 atom stereocenters. The van der Waals surface area contributed by atoms with Gasteiger partial charge in [0.1, 0.15) is 0 Å². The quantitative estimate of drug-likeness (QED) is 0.913. The monoisotopic (exact) mass is 328 g/mol. The zero-order chi connectivity index (χ0) is 12.6. The minimum Gasteiger partial charge on any atom is -0.309 e.